The highest BCUT2D eigenvalue weighted by atomic mass is 16.1. The summed E-state index contributed by atoms with van der Waals surface area (Å²) in [5.74, 6) is -0.0422. The van der Waals surface area contributed by atoms with Gasteiger partial charge >= 0.3 is 0 Å². The zero-order valence-corrected chi connectivity index (χ0v) is 24.3. The van der Waals surface area contributed by atoms with E-state index in [2.05, 4.69) is 70.4 Å². The van der Waals surface area contributed by atoms with Crippen molar-refractivity contribution in [1.82, 2.24) is 25.0 Å². The number of likely N-dealkylation sites (N-methyl/N-ethyl adjacent to an activating group) is 1. The number of rotatable bonds is 7. The maximum Gasteiger partial charge on any atom is 0.252 e. The molecule has 1 atom stereocenters. The fourth-order valence-electron chi connectivity index (χ4n) is 6.45. The van der Waals surface area contributed by atoms with Crippen molar-refractivity contribution in [2.24, 2.45) is 0 Å². The van der Waals surface area contributed by atoms with Crippen LogP contribution in [0.15, 0.2) is 84.9 Å². The number of benzene rings is 3. The minimum absolute atomic E-state index is 0.0422. The van der Waals surface area contributed by atoms with Gasteiger partial charge in [0, 0.05) is 55.3 Å². The number of nitrogens with one attached hydrogen (secondary N) is 1. The van der Waals surface area contributed by atoms with E-state index in [-0.39, 0.29) is 11.9 Å². The van der Waals surface area contributed by atoms with Crippen molar-refractivity contribution in [3.63, 3.8) is 0 Å². The zero-order valence-electron chi connectivity index (χ0n) is 24.3. The smallest absolute Gasteiger partial charge is 0.252 e. The number of carbonyl (C=O) groups excluding carboxylic acids is 1. The van der Waals surface area contributed by atoms with Crippen LogP contribution in [0.2, 0.25) is 0 Å². The molecule has 1 aromatic heterocycles. The van der Waals surface area contributed by atoms with Gasteiger partial charge in [-0.3, -0.25) is 14.6 Å². The Morgan fingerprint density at radius 2 is 1.49 bits per heavy atom. The Balaban J connectivity index is 1.33. The molecule has 1 amide bonds. The van der Waals surface area contributed by atoms with Crippen LogP contribution in [0.4, 0.5) is 0 Å². The van der Waals surface area contributed by atoms with E-state index in [1.54, 1.807) is 0 Å². The van der Waals surface area contributed by atoms with Crippen LogP contribution >= 0.6 is 0 Å². The van der Waals surface area contributed by atoms with E-state index in [1.807, 2.05) is 48.5 Å². The molecule has 1 N–H and O–H groups in total. The van der Waals surface area contributed by atoms with Gasteiger partial charge in [-0.2, -0.15) is 0 Å². The molecular formula is C35H41N5O. The summed E-state index contributed by atoms with van der Waals surface area (Å²) in [6, 6.07) is 29.1. The number of hydrogen-bond acceptors (Lipinski definition) is 5. The maximum absolute atomic E-state index is 14.2. The molecule has 212 valence electrons. The average Bonchev–Trinajstić information content (AvgIpc) is 3.02. The van der Waals surface area contributed by atoms with Gasteiger partial charge in [0.2, 0.25) is 0 Å². The first kappa shape index (κ1) is 27.6. The molecule has 2 aliphatic rings. The Morgan fingerprint density at radius 1 is 0.854 bits per heavy atom. The van der Waals surface area contributed by atoms with Gasteiger partial charge in [-0.1, -0.05) is 78.9 Å². The Kier molecular flexibility index (Phi) is 8.42. The number of amides is 1. The summed E-state index contributed by atoms with van der Waals surface area (Å²) in [6.45, 7) is 9.46. The molecule has 0 bridgehead atoms. The highest BCUT2D eigenvalue weighted by Gasteiger charge is 2.29. The molecule has 2 fully saturated rings. The van der Waals surface area contributed by atoms with Crippen LogP contribution in [0, 0.1) is 0 Å². The Labute approximate surface area is 244 Å². The number of piperazine rings is 1. The Hall–Kier alpha value is -3.58. The van der Waals surface area contributed by atoms with Crippen LogP contribution in [-0.2, 0) is 6.54 Å². The molecule has 6 rings (SSSR count). The molecule has 0 saturated carbocycles. The Morgan fingerprint density at radius 3 is 2.20 bits per heavy atom. The van der Waals surface area contributed by atoms with Crippen molar-refractivity contribution in [3.8, 4) is 11.3 Å². The highest BCUT2D eigenvalue weighted by molar-refractivity contribution is 6.09. The normalized spacial score (nSPS) is 18.4. The molecule has 0 spiro atoms. The fraction of sp³-hybridized carbons (Fsp3) is 0.371. The lowest BCUT2D eigenvalue weighted by Crippen LogP contribution is -2.52. The van der Waals surface area contributed by atoms with Gasteiger partial charge < -0.3 is 10.2 Å². The summed E-state index contributed by atoms with van der Waals surface area (Å²) < 4.78 is 0. The quantitative estimate of drug-likeness (QED) is 0.326. The van der Waals surface area contributed by atoms with Gasteiger partial charge in [0.15, 0.2) is 0 Å². The first-order valence-electron chi connectivity index (χ1n) is 15.0. The summed E-state index contributed by atoms with van der Waals surface area (Å²) in [5.41, 5.74) is 5.66. The molecule has 4 aromatic rings. The number of pyridine rings is 1. The highest BCUT2D eigenvalue weighted by Crippen LogP contribution is 2.33. The van der Waals surface area contributed by atoms with E-state index >= 15 is 0 Å². The molecule has 2 saturated heterocycles. The second-order valence-corrected chi connectivity index (χ2v) is 11.6. The molecule has 0 radical (unpaired) electrons. The van der Waals surface area contributed by atoms with Crippen molar-refractivity contribution < 1.29 is 4.79 Å². The van der Waals surface area contributed by atoms with Gasteiger partial charge in [-0.15, -0.1) is 0 Å². The van der Waals surface area contributed by atoms with Crippen LogP contribution < -0.4 is 5.32 Å². The van der Waals surface area contributed by atoms with Crippen molar-refractivity contribution >= 4 is 16.8 Å². The van der Waals surface area contributed by atoms with Gasteiger partial charge in [0.1, 0.15) is 0 Å². The van der Waals surface area contributed by atoms with Gasteiger partial charge in [0.05, 0.1) is 22.8 Å². The van der Waals surface area contributed by atoms with E-state index in [1.165, 1.54) is 0 Å². The van der Waals surface area contributed by atoms with Crippen molar-refractivity contribution in [1.29, 1.82) is 0 Å². The van der Waals surface area contributed by atoms with Crippen LogP contribution in [0.1, 0.15) is 47.3 Å². The third kappa shape index (κ3) is 6.20. The Bertz CT molecular complexity index is 1460. The van der Waals surface area contributed by atoms with E-state index in [4.69, 9.17) is 4.98 Å². The fourth-order valence-corrected chi connectivity index (χ4v) is 6.45. The van der Waals surface area contributed by atoms with Crippen LogP contribution in [0.3, 0.4) is 0 Å². The number of carbonyl (C=O) groups is 1. The summed E-state index contributed by atoms with van der Waals surface area (Å²) in [6.07, 6.45) is 2.33. The monoisotopic (exact) mass is 547 g/mol. The first-order chi connectivity index (χ1) is 20.1. The van der Waals surface area contributed by atoms with Crippen molar-refractivity contribution in [3.05, 3.63) is 102 Å². The predicted octanol–water partition coefficient (Wildman–Crippen LogP) is 5.60. The van der Waals surface area contributed by atoms with Crippen LogP contribution in [0.25, 0.3) is 22.2 Å². The van der Waals surface area contributed by atoms with Gasteiger partial charge in [0.25, 0.3) is 5.91 Å². The summed E-state index contributed by atoms with van der Waals surface area (Å²) in [7, 11) is 2.22. The van der Waals surface area contributed by atoms with Crippen LogP contribution in [-0.4, -0.2) is 77.9 Å². The molecule has 2 aliphatic heterocycles. The van der Waals surface area contributed by atoms with Crippen LogP contribution in [0.5, 0.6) is 0 Å². The molecule has 0 aliphatic carbocycles. The SMILES string of the molecule is CC(NC(=O)c1c(CN2CCC(N3CCN(C)CC3)CC2)c(-c2ccccc2)nc2ccccc12)c1ccccc1. The molecule has 6 nitrogen and oxygen atoms in total. The van der Waals surface area contributed by atoms with E-state index in [9.17, 15) is 4.79 Å². The number of fused-ring (bicyclic) bond motifs is 1. The van der Waals surface area contributed by atoms with Gasteiger partial charge in [-0.25, -0.2) is 4.98 Å². The molecular weight excluding hydrogens is 506 g/mol. The minimum atomic E-state index is -0.108. The largest absolute Gasteiger partial charge is 0.345 e. The topological polar surface area (TPSA) is 51.7 Å². The number of aromatic nitrogens is 1. The second kappa shape index (κ2) is 12.5. The standard InChI is InChI=1S/C35H41N5O/c1-26(27-11-5-3-6-12-27)36-35(41)33-30-15-9-10-16-32(30)37-34(28-13-7-4-8-14-28)31(33)25-39-19-17-29(18-20-39)40-23-21-38(2)22-24-40/h3-16,26,29H,17-25H2,1-2H3,(H,36,41). The number of nitrogens with zero attached hydrogens (tertiary/aromatic N) is 4. The lowest BCUT2D eigenvalue weighted by molar-refractivity contribution is 0.0656. The zero-order chi connectivity index (χ0) is 28.2. The number of hydrogen-bond donors (Lipinski definition) is 1. The lowest BCUT2D eigenvalue weighted by Gasteiger charge is -2.42. The molecule has 1 unspecified atom stereocenters. The second-order valence-electron chi connectivity index (χ2n) is 11.6. The average molecular weight is 548 g/mol. The van der Waals surface area contributed by atoms with Crippen molar-refractivity contribution in [2.75, 3.05) is 46.3 Å². The lowest BCUT2D eigenvalue weighted by atomic mass is 9.94. The molecule has 41 heavy (non-hydrogen) atoms. The number of para-hydroxylation sites is 1. The van der Waals surface area contributed by atoms with E-state index in [0.717, 1.165) is 91.0 Å². The summed E-state index contributed by atoms with van der Waals surface area (Å²) >= 11 is 0. The third-order valence-corrected chi connectivity index (χ3v) is 8.91. The summed E-state index contributed by atoms with van der Waals surface area (Å²) in [4.78, 5) is 27.0. The predicted molar refractivity (Wildman–Crippen MR) is 167 cm³/mol. The molecule has 3 aromatic carbocycles. The minimum Gasteiger partial charge on any atom is -0.345 e. The first-order valence-corrected chi connectivity index (χ1v) is 15.0. The molecule has 6 heteroatoms. The third-order valence-electron chi connectivity index (χ3n) is 8.91. The molecule has 3 heterocycles. The van der Waals surface area contributed by atoms with Gasteiger partial charge in [-0.05, 0) is 51.5 Å². The van der Waals surface area contributed by atoms with E-state index in [0.29, 0.717) is 12.6 Å². The van der Waals surface area contributed by atoms with E-state index < -0.39 is 0 Å². The number of piperidine rings is 1. The summed E-state index contributed by atoms with van der Waals surface area (Å²) in [5, 5.41) is 4.23. The number of likely N-dealkylation sites (tertiary alicyclic amines) is 1. The maximum atomic E-state index is 14.2. The van der Waals surface area contributed by atoms with Crippen molar-refractivity contribution in [2.45, 2.75) is 38.4 Å².